The maximum absolute atomic E-state index is 14.2. The summed E-state index contributed by atoms with van der Waals surface area (Å²) in [5.74, 6) is -1.56. The van der Waals surface area contributed by atoms with Crippen LogP contribution in [0.2, 0.25) is 0 Å². The molecule has 127 heavy (non-hydrogen) atoms. The molecule has 0 saturated carbocycles. The van der Waals surface area contributed by atoms with Gasteiger partial charge in [-0.05, 0) is 178 Å². The standard InChI is InChI=1S/C16H18FNO2.C14H14F2N2O2.2C14H15FN2O2.C14H16N2O2.C13H14FNO.C13H15NO/c1-4-20-15-9-11(5-6-18-15)12-7-13(17)16(10(2)3)14(19)8-12;1-7(2)12-10(19)4-8(13(15)14(12)16)9-5-11(20-3)18-6-17-9;1-8(2)9-4-11(15)10(5-13(9)18)12-6-14(19-3)17-7-16-12;1-8(2)14-10(15)4-9(5-12(14)18)11-6-13(19-3)17-7-16-11;1-9(2)11-5-4-10(6-13(11)17)12-7-14(18-3)16-8-15-12;1-8(2)10-5-12(14)11(6-13(10)16)9-3-4-15-7-9;1-9(2)12-4-3-10(7-13(12)15)11-5-6-14-8-11/h5-10,19H,4H2,1-3H3;4-7,19H,1-3H3;2*4-8,18H,1-3H3;4-9,17H,1-3H3;3-8,15-16H,1-2H3;3-9,14-15H,1-2H3/i4D2;;;;;;. The second-order valence-electron chi connectivity index (χ2n) is 30.8. The number of pyridine rings is 1. The van der Waals surface area contributed by atoms with Crippen molar-refractivity contribution in [2.75, 3.05) is 35.0 Å². The Kier molecular flexibility index (Phi) is 34.4. The summed E-state index contributed by atoms with van der Waals surface area (Å²) in [4.78, 5) is 41.4. The fourth-order valence-electron chi connectivity index (χ4n) is 13.1. The smallest absolute Gasteiger partial charge is 0.216 e. The highest BCUT2D eigenvalue weighted by atomic mass is 19.2. The van der Waals surface area contributed by atoms with Crippen LogP contribution in [0.25, 0.3) is 78.4 Å². The van der Waals surface area contributed by atoms with Crippen molar-refractivity contribution in [3.8, 4) is 148 Å². The largest absolute Gasteiger partial charge is 0.508 e. The Hall–Kier alpha value is -14.3. The molecule has 0 unspecified atom stereocenters. The maximum Gasteiger partial charge on any atom is 0.216 e. The molecule has 0 radical (unpaired) electrons. The lowest BCUT2D eigenvalue weighted by atomic mass is 9.97. The first-order valence-corrected chi connectivity index (χ1v) is 40.4. The molecule has 9 N–H and O–H groups in total. The zero-order chi connectivity index (χ0) is 95.0. The van der Waals surface area contributed by atoms with E-state index in [1.54, 1.807) is 77.5 Å². The lowest BCUT2D eigenvalue weighted by Crippen LogP contribution is -2.01. The summed E-state index contributed by atoms with van der Waals surface area (Å²) in [5.41, 5.74) is 11.2. The lowest BCUT2D eigenvalue weighted by molar-refractivity contribution is 0.327. The van der Waals surface area contributed by atoms with Gasteiger partial charge in [-0.2, -0.15) is 0 Å². The molecule has 0 aliphatic rings. The van der Waals surface area contributed by atoms with Crippen molar-refractivity contribution in [2.24, 2.45) is 0 Å². The van der Waals surface area contributed by atoms with E-state index in [9.17, 15) is 62.1 Å². The van der Waals surface area contributed by atoms with Crippen LogP contribution in [0.4, 0.5) is 26.3 Å². The number of aromatic nitrogens is 11. The molecule has 0 fully saturated rings. The number of nitrogens with one attached hydrogen (secondary N) is 2. The first-order chi connectivity index (χ1) is 61.1. The number of benzene rings is 7. The van der Waals surface area contributed by atoms with E-state index in [1.165, 1.54) is 126 Å². The van der Waals surface area contributed by atoms with Gasteiger partial charge in [-0.25, -0.2) is 71.2 Å². The van der Waals surface area contributed by atoms with Crippen LogP contribution in [0, 0.1) is 34.9 Å². The number of rotatable bonds is 20. The number of ether oxygens (including phenoxy) is 5. The Morgan fingerprint density at radius 3 is 1.09 bits per heavy atom. The summed E-state index contributed by atoms with van der Waals surface area (Å²) in [5, 5.41) is 69.4. The zero-order valence-electron chi connectivity index (χ0n) is 76.0. The number of aromatic amines is 2. The van der Waals surface area contributed by atoms with E-state index in [2.05, 4.69) is 68.7 Å². The number of hydrogen-bond acceptors (Lipinski definition) is 21. The van der Waals surface area contributed by atoms with Gasteiger partial charge in [0.15, 0.2) is 11.6 Å². The second-order valence-corrected chi connectivity index (χ2v) is 30.8. The first kappa shape index (κ1) is 95.0. The SMILES string of the molecule is CC(C)c1cc(F)c(-c2cc[nH]c2)cc1O.CC(C)c1ccc(-c2cc[nH]c2)cc1O.COc1cc(-c2cc(O)c(C(C)C)c(F)c2)ncn1.COc1cc(-c2cc(O)c(C(C)C)c(F)c2F)ncn1.COc1cc(-c2cc(O)c(C(C)C)cc2F)ncn1.COc1cc(-c2ccc(C(C)C)c(O)c2)ncn1.[2H]C([2H])(C)Oc1cc(-c2cc(O)c(C(C)C)c(F)c2)ccn1. The maximum atomic E-state index is 14.2. The minimum atomic E-state index is -1.86. The predicted octanol–water partition coefficient (Wildman–Crippen LogP) is 23.8. The number of phenols is 7. The van der Waals surface area contributed by atoms with Gasteiger partial charge in [0.25, 0.3) is 0 Å². The molecular weight excluding hydrogens is 1640 g/mol. The van der Waals surface area contributed by atoms with Gasteiger partial charge >= 0.3 is 0 Å². The fourth-order valence-corrected chi connectivity index (χ4v) is 13.1. The Labute approximate surface area is 737 Å². The van der Waals surface area contributed by atoms with Gasteiger partial charge < -0.3 is 69.4 Å². The van der Waals surface area contributed by atoms with Crippen molar-refractivity contribution in [3.63, 3.8) is 0 Å². The summed E-state index contributed by atoms with van der Waals surface area (Å²) in [6, 6.07) is 37.0. The van der Waals surface area contributed by atoms with Crippen LogP contribution in [0.1, 0.15) is 187 Å². The van der Waals surface area contributed by atoms with Gasteiger partial charge in [-0.1, -0.05) is 121 Å². The molecule has 23 nitrogen and oxygen atoms in total. The molecule has 0 amide bonds. The molecule has 0 saturated heterocycles. The zero-order valence-corrected chi connectivity index (χ0v) is 74.0. The third kappa shape index (κ3) is 26.2. The van der Waals surface area contributed by atoms with Crippen molar-refractivity contribution in [3.05, 3.63) is 270 Å². The van der Waals surface area contributed by atoms with E-state index in [0.717, 1.165) is 45.1 Å². The number of halogens is 6. The lowest BCUT2D eigenvalue weighted by Gasteiger charge is -2.13. The van der Waals surface area contributed by atoms with Crippen LogP contribution >= 0.6 is 0 Å². The number of phenolic OH excluding ortho intramolecular Hbond substituents is 7. The fraction of sp³-hybridized carbons (Fsp3) is 0.276. The van der Waals surface area contributed by atoms with Crippen molar-refractivity contribution in [1.82, 2.24) is 54.8 Å². The number of hydrogen-bond donors (Lipinski definition) is 9. The second kappa shape index (κ2) is 45.9. The molecule has 7 heterocycles. The van der Waals surface area contributed by atoms with Crippen molar-refractivity contribution in [1.29, 1.82) is 0 Å². The number of methoxy groups -OCH3 is 4. The van der Waals surface area contributed by atoms with E-state index in [1.807, 2.05) is 104 Å². The molecule has 7 aromatic carbocycles. The third-order valence-electron chi connectivity index (χ3n) is 19.6. The van der Waals surface area contributed by atoms with Gasteiger partial charge in [0.1, 0.15) is 88.8 Å². The summed E-state index contributed by atoms with van der Waals surface area (Å²) < 4.78 is 124. The minimum absolute atomic E-state index is 0.0449. The summed E-state index contributed by atoms with van der Waals surface area (Å²) in [6.07, 6.45) is 13.9. The highest BCUT2D eigenvalue weighted by Gasteiger charge is 2.24. The van der Waals surface area contributed by atoms with Crippen molar-refractivity contribution >= 4 is 0 Å². The monoisotopic (exact) mass is 1750 g/mol. The predicted molar refractivity (Wildman–Crippen MR) is 479 cm³/mol. The molecule has 0 bridgehead atoms. The number of nitrogens with zero attached hydrogens (tertiary/aromatic N) is 9. The highest BCUT2D eigenvalue weighted by Crippen LogP contribution is 2.41. The van der Waals surface area contributed by atoms with Gasteiger partial charge in [0.2, 0.25) is 29.4 Å². The van der Waals surface area contributed by atoms with Crippen LogP contribution < -0.4 is 23.7 Å². The van der Waals surface area contributed by atoms with Gasteiger partial charge in [-0.15, -0.1) is 0 Å². The summed E-state index contributed by atoms with van der Waals surface area (Å²) >= 11 is 0. The van der Waals surface area contributed by atoms with Crippen LogP contribution in [0.3, 0.4) is 0 Å². The topological polar surface area (TPSA) is 335 Å². The van der Waals surface area contributed by atoms with Crippen LogP contribution in [-0.2, 0) is 0 Å². The van der Waals surface area contributed by atoms with Gasteiger partial charge in [0.05, 0.1) is 60.5 Å². The molecule has 0 spiro atoms. The minimum Gasteiger partial charge on any atom is -0.508 e. The van der Waals surface area contributed by atoms with E-state index >= 15 is 0 Å². The molecule has 0 aliphatic heterocycles. The highest BCUT2D eigenvalue weighted by molar-refractivity contribution is 5.71. The average molecular weight is 1750 g/mol. The quantitative estimate of drug-likeness (QED) is 0.0320. The Morgan fingerprint density at radius 1 is 0.299 bits per heavy atom. The van der Waals surface area contributed by atoms with Crippen LogP contribution in [0.15, 0.2) is 196 Å². The Morgan fingerprint density at radius 2 is 0.661 bits per heavy atom. The molecule has 0 atom stereocenters. The van der Waals surface area contributed by atoms with Gasteiger partial charge in [-0.3, -0.25) is 0 Å². The molecule has 14 rings (SSSR count). The average Bonchev–Trinajstić information content (AvgIpc) is 1.51. The van der Waals surface area contributed by atoms with Crippen molar-refractivity contribution in [2.45, 2.75) is 145 Å². The molecule has 0 aliphatic carbocycles. The van der Waals surface area contributed by atoms with Crippen LogP contribution in [0.5, 0.6) is 69.6 Å². The number of aromatic hydroxyl groups is 7. The van der Waals surface area contributed by atoms with Crippen molar-refractivity contribution < 1.29 is 88.5 Å². The summed E-state index contributed by atoms with van der Waals surface area (Å²) in [7, 11) is 5.93. The number of H-pyrrole nitrogens is 2. The molecule has 7 aromatic heterocycles. The van der Waals surface area contributed by atoms with E-state index in [-0.39, 0.29) is 104 Å². The Bertz CT molecular complexity index is 6020. The van der Waals surface area contributed by atoms with Crippen LogP contribution in [-0.4, -0.2) is 126 Å². The van der Waals surface area contributed by atoms with Gasteiger partial charge in [0, 0.05) is 111 Å². The van der Waals surface area contributed by atoms with E-state index < -0.39 is 35.6 Å². The molecular formula is C98H107F6N11O12. The Balaban J connectivity index is 0.000000186. The normalized spacial score (nSPS) is 11.2. The molecule has 29 heteroatoms. The van der Waals surface area contributed by atoms with E-state index in [0.29, 0.717) is 91.3 Å². The molecule has 668 valence electrons. The molecule has 14 aromatic rings. The van der Waals surface area contributed by atoms with E-state index in [4.69, 9.17) is 26.4 Å². The third-order valence-corrected chi connectivity index (χ3v) is 19.6. The first-order valence-electron chi connectivity index (χ1n) is 41.4. The summed E-state index contributed by atoms with van der Waals surface area (Å²) in [6.45, 7) is 25.9.